The van der Waals surface area contributed by atoms with Gasteiger partial charge in [0.15, 0.2) is 12.2 Å². The molecule has 104 heavy (non-hydrogen) atoms. The number of aliphatic hydroxyl groups excluding tert-OH is 1. The molecule has 0 saturated heterocycles. The molecule has 598 valence electrons. The Labute approximate surface area is 632 Å². The number of phosphoric acid groups is 2. The number of allylic oxidation sites excluding steroid dienone is 20. The average Bonchev–Trinajstić information content (AvgIpc) is 0.918. The number of ether oxygens (including phenoxy) is 4. The molecule has 0 saturated carbocycles. The van der Waals surface area contributed by atoms with Crippen LogP contribution in [-0.4, -0.2) is 96.7 Å². The Morgan fingerprint density at radius 2 is 0.519 bits per heavy atom. The molecule has 0 aliphatic carbocycles. The summed E-state index contributed by atoms with van der Waals surface area (Å²) in [5.41, 5.74) is 0. The van der Waals surface area contributed by atoms with Gasteiger partial charge in [-0.1, -0.05) is 284 Å². The van der Waals surface area contributed by atoms with Crippen molar-refractivity contribution in [3.8, 4) is 0 Å². The SMILES string of the molecule is CC/C=C\C/C=C\C/C=C\C/C=C\C/C=C\C/C=C\CCC(=O)OC[C@H](COP(=O)(O)OC[C@@H](O)COP(=O)(O)OC[C@@H](COC(=O)CCCCCCCCC/C=C\CCCCCC)OC(=O)CCCCCCC/C=C\C/C=C\CCCCC)OC(=O)CCCCCCC/C=C\CCCCCCCC. The normalized spacial score (nSPS) is 14.5. The van der Waals surface area contributed by atoms with Gasteiger partial charge in [-0.25, -0.2) is 9.13 Å². The molecule has 0 aromatic rings. The van der Waals surface area contributed by atoms with E-state index in [0.717, 1.165) is 154 Å². The maximum Gasteiger partial charge on any atom is 0.472 e. The summed E-state index contributed by atoms with van der Waals surface area (Å²) < 4.78 is 68.6. The van der Waals surface area contributed by atoms with Gasteiger partial charge < -0.3 is 33.8 Å². The van der Waals surface area contributed by atoms with Crippen LogP contribution in [0.2, 0.25) is 0 Å². The second-order valence-electron chi connectivity index (χ2n) is 27.0. The molecule has 0 aliphatic heterocycles. The zero-order chi connectivity index (χ0) is 76.0. The zero-order valence-electron chi connectivity index (χ0n) is 65.4. The number of hydrogen-bond acceptors (Lipinski definition) is 15. The lowest BCUT2D eigenvalue weighted by Crippen LogP contribution is -2.30. The molecule has 2 unspecified atom stereocenters. The van der Waals surface area contributed by atoms with Crippen molar-refractivity contribution in [2.75, 3.05) is 39.6 Å². The molecule has 0 aromatic carbocycles. The van der Waals surface area contributed by atoms with Crippen LogP contribution in [0, 0.1) is 0 Å². The molecule has 5 atom stereocenters. The van der Waals surface area contributed by atoms with Crippen LogP contribution in [0.25, 0.3) is 0 Å². The third kappa shape index (κ3) is 75.7. The monoisotopic (exact) mass is 1500 g/mol. The smallest absolute Gasteiger partial charge is 0.462 e. The lowest BCUT2D eigenvalue weighted by molar-refractivity contribution is -0.161. The molecule has 3 N–H and O–H groups in total. The Morgan fingerprint density at radius 1 is 0.279 bits per heavy atom. The third-order valence-corrected chi connectivity index (χ3v) is 18.8. The van der Waals surface area contributed by atoms with Crippen LogP contribution in [0.15, 0.2) is 122 Å². The van der Waals surface area contributed by atoms with Crippen LogP contribution in [0.4, 0.5) is 0 Å². The van der Waals surface area contributed by atoms with Gasteiger partial charge in [-0.15, -0.1) is 0 Å². The first-order valence-electron chi connectivity index (χ1n) is 40.8. The Morgan fingerprint density at radius 3 is 0.865 bits per heavy atom. The largest absolute Gasteiger partial charge is 0.472 e. The van der Waals surface area contributed by atoms with E-state index < -0.39 is 97.5 Å². The van der Waals surface area contributed by atoms with Crippen molar-refractivity contribution in [2.24, 2.45) is 0 Å². The highest BCUT2D eigenvalue weighted by Gasteiger charge is 2.30. The number of hydrogen-bond donors (Lipinski definition) is 3. The van der Waals surface area contributed by atoms with E-state index in [0.29, 0.717) is 32.1 Å². The van der Waals surface area contributed by atoms with E-state index in [-0.39, 0.29) is 25.7 Å². The minimum Gasteiger partial charge on any atom is -0.462 e. The molecule has 0 spiro atoms. The molecule has 17 nitrogen and oxygen atoms in total. The number of unbranched alkanes of at least 4 members (excludes halogenated alkanes) is 30. The number of aliphatic hydroxyl groups is 1. The maximum absolute atomic E-state index is 13.1. The number of phosphoric ester groups is 2. The van der Waals surface area contributed by atoms with Crippen LogP contribution in [-0.2, 0) is 65.4 Å². The van der Waals surface area contributed by atoms with Gasteiger partial charge in [0, 0.05) is 25.7 Å². The predicted octanol–water partition coefficient (Wildman–Crippen LogP) is 23.9. The quantitative estimate of drug-likeness (QED) is 0.0169. The fraction of sp³-hybridized carbons (Fsp3) is 0.718. The second kappa shape index (κ2) is 76.6. The molecule has 19 heteroatoms. The van der Waals surface area contributed by atoms with Crippen molar-refractivity contribution in [2.45, 2.75) is 354 Å². The van der Waals surface area contributed by atoms with Gasteiger partial charge in [-0.05, 0) is 148 Å². The predicted molar refractivity (Wildman–Crippen MR) is 427 cm³/mol. The van der Waals surface area contributed by atoms with Crippen molar-refractivity contribution in [3.63, 3.8) is 0 Å². The van der Waals surface area contributed by atoms with Crippen LogP contribution < -0.4 is 0 Å². The molecule has 0 bridgehead atoms. The number of rotatable bonds is 76. The van der Waals surface area contributed by atoms with Crippen molar-refractivity contribution < 1.29 is 80.2 Å². The Hall–Kier alpha value is -4.54. The van der Waals surface area contributed by atoms with Gasteiger partial charge in [0.25, 0.3) is 0 Å². The summed E-state index contributed by atoms with van der Waals surface area (Å²) in [6.07, 6.45) is 84.7. The van der Waals surface area contributed by atoms with E-state index in [1.54, 1.807) is 0 Å². The number of carbonyl (C=O) groups excluding carboxylic acids is 4. The lowest BCUT2D eigenvalue weighted by atomic mass is 10.1. The van der Waals surface area contributed by atoms with Crippen LogP contribution in [0.3, 0.4) is 0 Å². The van der Waals surface area contributed by atoms with Gasteiger partial charge in [0.1, 0.15) is 19.3 Å². The highest BCUT2D eigenvalue weighted by atomic mass is 31.2. The highest BCUT2D eigenvalue weighted by molar-refractivity contribution is 7.47. The first-order valence-corrected chi connectivity index (χ1v) is 43.8. The highest BCUT2D eigenvalue weighted by Crippen LogP contribution is 2.45. The molecule has 0 radical (unpaired) electrons. The summed E-state index contributed by atoms with van der Waals surface area (Å²) in [4.78, 5) is 73.0. The van der Waals surface area contributed by atoms with E-state index in [1.807, 2.05) is 18.2 Å². The lowest BCUT2D eigenvalue weighted by Gasteiger charge is -2.21. The zero-order valence-corrected chi connectivity index (χ0v) is 67.2. The average molecular weight is 1500 g/mol. The molecule has 0 heterocycles. The van der Waals surface area contributed by atoms with Gasteiger partial charge >= 0.3 is 39.5 Å². The van der Waals surface area contributed by atoms with Crippen molar-refractivity contribution >= 4 is 39.5 Å². The Kier molecular flexibility index (Phi) is 73.3. The summed E-state index contributed by atoms with van der Waals surface area (Å²) in [5.74, 6) is -2.29. The first kappa shape index (κ1) is 99.5. The Balaban J connectivity index is 5.44. The second-order valence-corrected chi connectivity index (χ2v) is 29.9. The van der Waals surface area contributed by atoms with E-state index >= 15 is 0 Å². The fourth-order valence-electron chi connectivity index (χ4n) is 10.7. The summed E-state index contributed by atoms with van der Waals surface area (Å²) in [5, 5.41) is 10.6. The minimum atomic E-state index is -5.00. The summed E-state index contributed by atoms with van der Waals surface area (Å²) in [7, 11) is -9.99. The van der Waals surface area contributed by atoms with E-state index in [2.05, 4.69) is 131 Å². The molecule has 0 rings (SSSR count). The van der Waals surface area contributed by atoms with Gasteiger partial charge in [-0.3, -0.25) is 37.3 Å². The molecular weight excluding hydrogens is 1350 g/mol. The van der Waals surface area contributed by atoms with Crippen LogP contribution in [0.5, 0.6) is 0 Å². The van der Waals surface area contributed by atoms with Crippen molar-refractivity contribution in [1.82, 2.24) is 0 Å². The maximum atomic E-state index is 13.1. The van der Waals surface area contributed by atoms with Crippen molar-refractivity contribution in [3.05, 3.63) is 122 Å². The van der Waals surface area contributed by atoms with Crippen LogP contribution >= 0.6 is 15.6 Å². The van der Waals surface area contributed by atoms with Gasteiger partial charge in [-0.2, -0.15) is 0 Å². The fourth-order valence-corrected chi connectivity index (χ4v) is 12.3. The molecule has 0 aromatic heterocycles. The molecule has 0 aliphatic rings. The van der Waals surface area contributed by atoms with E-state index in [4.69, 9.17) is 37.0 Å². The Bertz CT molecular complexity index is 2440. The molecular formula is C85H146O17P2. The van der Waals surface area contributed by atoms with E-state index in [1.165, 1.54) is 96.3 Å². The molecule has 0 amide bonds. The van der Waals surface area contributed by atoms with E-state index in [9.17, 15) is 43.2 Å². The van der Waals surface area contributed by atoms with Gasteiger partial charge in [0.2, 0.25) is 0 Å². The minimum absolute atomic E-state index is 0.0329. The van der Waals surface area contributed by atoms with Gasteiger partial charge in [0.05, 0.1) is 26.4 Å². The number of esters is 4. The summed E-state index contributed by atoms with van der Waals surface area (Å²) >= 11 is 0. The summed E-state index contributed by atoms with van der Waals surface area (Å²) in [6, 6.07) is 0. The molecule has 0 fully saturated rings. The van der Waals surface area contributed by atoms with Crippen molar-refractivity contribution in [1.29, 1.82) is 0 Å². The summed E-state index contributed by atoms with van der Waals surface area (Å²) in [6.45, 7) is 4.63. The standard InChI is InChI=1S/C85H146O17P2/c1-5-9-13-17-21-25-29-33-37-38-39-40-44-46-50-54-58-62-66-70-83(88)96-76-81(102-85(90)72-68-64-60-56-52-48-43-36-32-28-24-20-16-12-8-4)78-100-104(93,94)98-74-79(86)73-97-103(91,92)99-77-80(101-84(89)71-67-63-59-55-51-47-42-35-31-27-23-19-15-11-7-3)75-95-82(87)69-65-61-57-53-49-45-41-34-30-26-22-18-14-10-6-2/h9,13,21,23,25-27,30,33,35-37,39-40,42-43,46,50,58,62,79-81,86H,5-8,10-12,14-20,22,24,28-29,31-32,34,38,41,44-45,47-49,51-57,59-61,63-78H2,1-4H3,(H,91,92)(H,93,94)/b13-9-,25-21-,27-23-,30-26-,37-33-,40-39-,42-35-,43-36-,50-46-,62-58-/t79-,80+,81+/m0/s1. The number of carbonyl (C=O) groups is 4. The first-order chi connectivity index (χ1) is 50.7. The van der Waals surface area contributed by atoms with Crippen LogP contribution in [0.1, 0.15) is 336 Å². The third-order valence-electron chi connectivity index (χ3n) is 16.9. The topological polar surface area (TPSA) is 237 Å².